The molecule has 0 saturated carbocycles. The van der Waals surface area contributed by atoms with Gasteiger partial charge in [0.25, 0.3) is 0 Å². The molecule has 0 aliphatic carbocycles. The van der Waals surface area contributed by atoms with Crippen molar-refractivity contribution in [3.63, 3.8) is 0 Å². The van der Waals surface area contributed by atoms with Crippen LogP contribution in [0.5, 0.6) is 0 Å². The van der Waals surface area contributed by atoms with Crippen LogP contribution in [0.1, 0.15) is 25.2 Å². The number of hydrogen-bond donors (Lipinski definition) is 1. The lowest BCUT2D eigenvalue weighted by molar-refractivity contribution is 0.789. The Labute approximate surface area is 104 Å². The number of anilines is 1. The largest absolute Gasteiger partial charge is 0.357 e. The monoisotopic (exact) mass is 253 g/mol. The van der Waals surface area contributed by atoms with E-state index in [4.69, 9.17) is 0 Å². The Morgan fingerprint density at radius 3 is 3.00 bits per heavy atom. The van der Waals surface area contributed by atoms with E-state index < -0.39 is 0 Å². The van der Waals surface area contributed by atoms with Gasteiger partial charge in [0.1, 0.15) is 5.82 Å². The van der Waals surface area contributed by atoms with Crippen LogP contribution in [0.3, 0.4) is 0 Å². The summed E-state index contributed by atoms with van der Waals surface area (Å²) in [7, 11) is 0. The summed E-state index contributed by atoms with van der Waals surface area (Å²) < 4.78 is 4.25. The molecule has 3 nitrogen and oxygen atoms in total. The maximum absolute atomic E-state index is 4.40. The van der Waals surface area contributed by atoms with E-state index in [1.165, 1.54) is 17.1 Å². The zero-order valence-corrected chi connectivity index (χ0v) is 11.1. The summed E-state index contributed by atoms with van der Waals surface area (Å²) in [5, 5.41) is 8.62. The number of hydrogen-bond acceptors (Lipinski definition) is 5. The van der Waals surface area contributed by atoms with Gasteiger partial charge in [-0.1, -0.05) is 6.92 Å². The van der Waals surface area contributed by atoms with Crippen LogP contribution in [0.4, 0.5) is 5.13 Å². The van der Waals surface area contributed by atoms with Crippen LogP contribution in [0, 0.1) is 0 Å². The predicted molar refractivity (Wildman–Crippen MR) is 70.4 cm³/mol. The molecule has 16 heavy (non-hydrogen) atoms. The van der Waals surface area contributed by atoms with Crippen molar-refractivity contribution < 1.29 is 0 Å². The minimum atomic E-state index is 0.396. The Balaban J connectivity index is 1.89. The first-order valence-corrected chi connectivity index (χ1v) is 7.09. The number of rotatable bonds is 5. The van der Waals surface area contributed by atoms with Gasteiger partial charge in [0.2, 0.25) is 5.13 Å². The van der Waals surface area contributed by atoms with E-state index in [0.29, 0.717) is 6.04 Å². The molecular formula is C11H15N3S2. The molecule has 2 aromatic rings. The molecule has 5 heteroatoms. The van der Waals surface area contributed by atoms with Crippen molar-refractivity contribution >= 4 is 28.0 Å². The van der Waals surface area contributed by atoms with Gasteiger partial charge in [-0.25, -0.2) is 4.98 Å². The quantitative estimate of drug-likeness (QED) is 0.889. The van der Waals surface area contributed by atoms with E-state index in [9.17, 15) is 0 Å². The zero-order valence-electron chi connectivity index (χ0n) is 9.43. The molecule has 0 aliphatic rings. The fraction of sp³-hybridized carbons (Fsp3) is 0.455. The number of aromatic nitrogens is 2. The van der Waals surface area contributed by atoms with Gasteiger partial charge in [-0.05, 0) is 35.7 Å². The molecule has 1 atom stereocenters. The van der Waals surface area contributed by atoms with Crippen LogP contribution in [0.15, 0.2) is 16.8 Å². The van der Waals surface area contributed by atoms with E-state index in [0.717, 1.165) is 23.8 Å². The van der Waals surface area contributed by atoms with Crippen molar-refractivity contribution in [3.05, 3.63) is 28.2 Å². The van der Waals surface area contributed by atoms with Crippen molar-refractivity contribution in [2.24, 2.45) is 0 Å². The molecule has 86 valence electrons. The number of nitrogens with zero attached hydrogens (tertiary/aromatic N) is 2. The lowest BCUT2D eigenvalue weighted by Gasteiger charge is -2.10. The summed E-state index contributed by atoms with van der Waals surface area (Å²) in [6, 6.07) is 2.56. The lowest BCUT2D eigenvalue weighted by atomic mass is 10.1. The third-order valence-electron chi connectivity index (χ3n) is 2.28. The maximum Gasteiger partial charge on any atom is 0.202 e. The van der Waals surface area contributed by atoms with Gasteiger partial charge in [0.15, 0.2) is 0 Å². The first-order chi connectivity index (χ1) is 7.78. The maximum atomic E-state index is 4.40. The first-order valence-electron chi connectivity index (χ1n) is 5.38. The Kier molecular flexibility index (Phi) is 3.90. The summed E-state index contributed by atoms with van der Waals surface area (Å²) in [5.41, 5.74) is 1.38. The second kappa shape index (κ2) is 5.41. The van der Waals surface area contributed by atoms with Gasteiger partial charge in [-0.3, -0.25) is 0 Å². The third-order valence-corrected chi connectivity index (χ3v) is 3.69. The van der Waals surface area contributed by atoms with Crippen molar-refractivity contribution in [1.29, 1.82) is 0 Å². The average molecular weight is 253 g/mol. The Hall–Kier alpha value is -0.940. The van der Waals surface area contributed by atoms with Crippen LogP contribution in [0.25, 0.3) is 0 Å². The Bertz CT molecular complexity index is 422. The highest BCUT2D eigenvalue weighted by Crippen LogP contribution is 2.15. The Morgan fingerprint density at radius 1 is 1.50 bits per heavy atom. The zero-order chi connectivity index (χ0) is 11.4. The fourth-order valence-electron chi connectivity index (χ4n) is 1.48. The molecule has 2 rings (SSSR count). The topological polar surface area (TPSA) is 37.8 Å². The van der Waals surface area contributed by atoms with Crippen molar-refractivity contribution in [3.8, 4) is 0 Å². The van der Waals surface area contributed by atoms with Gasteiger partial charge in [-0.2, -0.15) is 15.7 Å². The van der Waals surface area contributed by atoms with Crippen LogP contribution in [-0.2, 0) is 12.8 Å². The summed E-state index contributed by atoms with van der Waals surface area (Å²) in [5.74, 6) is 0.926. The summed E-state index contributed by atoms with van der Waals surface area (Å²) in [6.45, 7) is 4.24. The first kappa shape index (κ1) is 11.5. The fourth-order valence-corrected chi connectivity index (χ4v) is 2.92. The van der Waals surface area contributed by atoms with Crippen molar-refractivity contribution in [2.75, 3.05) is 5.32 Å². The molecule has 0 amide bonds. The van der Waals surface area contributed by atoms with E-state index >= 15 is 0 Å². The highest BCUT2D eigenvalue weighted by molar-refractivity contribution is 7.09. The number of thiophene rings is 1. The second-order valence-electron chi connectivity index (χ2n) is 3.75. The molecule has 1 N–H and O–H groups in total. The molecule has 0 aliphatic heterocycles. The normalized spacial score (nSPS) is 12.6. The molecule has 0 spiro atoms. The molecule has 1 unspecified atom stereocenters. The molecule has 0 radical (unpaired) electrons. The molecule has 0 saturated heterocycles. The van der Waals surface area contributed by atoms with Gasteiger partial charge in [0, 0.05) is 24.0 Å². The van der Waals surface area contributed by atoms with E-state index in [2.05, 4.69) is 45.3 Å². The van der Waals surface area contributed by atoms with Crippen molar-refractivity contribution in [1.82, 2.24) is 9.36 Å². The summed E-state index contributed by atoms with van der Waals surface area (Å²) in [4.78, 5) is 4.40. The average Bonchev–Trinajstić information content (AvgIpc) is 2.89. The van der Waals surface area contributed by atoms with Crippen LogP contribution < -0.4 is 5.32 Å². The van der Waals surface area contributed by atoms with Gasteiger partial charge >= 0.3 is 0 Å². The third kappa shape index (κ3) is 3.02. The van der Waals surface area contributed by atoms with Gasteiger partial charge in [0.05, 0.1) is 0 Å². The second-order valence-corrected chi connectivity index (χ2v) is 5.28. The SMILES string of the molecule is CCc1nsc(NC(C)Cc2ccsc2)n1. The highest BCUT2D eigenvalue weighted by atomic mass is 32.1. The summed E-state index contributed by atoms with van der Waals surface area (Å²) >= 11 is 3.19. The standard InChI is InChI=1S/C11H15N3S2/c1-3-10-13-11(16-14-10)12-8(2)6-9-4-5-15-7-9/h4-5,7-8H,3,6H2,1-2H3,(H,12,13,14). The molecule has 0 aromatic carbocycles. The molecular weight excluding hydrogens is 238 g/mol. The molecule has 0 bridgehead atoms. The van der Waals surface area contributed by atoms with Crippen LogP contribution in [0.2, 0.25) is 0 Å². The number of aryl methyl sites for hydroxylation is 1. The summed E-state index contributed by atoms with van der Waals surface area (Å²) in [6.07, 6.45) is 1.93. The molecule has 2 heterocycles. The minimum Gasteiger partial charge on any atom is -0.357 e. The van der Waals surface area contributed by atoms with Gasteiger partial charge < -0.3 is 5.32 Å². The van der Waals surface area contributed by atoms with E-state index in [-0.39, 0.29) is 0 Å². The van der Waals surface area contributed by atoms with E-state index in [1.54, 1.807) is 11.3 Å². The highest BCUT2D eigenvalue weighted by Gasteiger charge is 2.07. The molecule has 0 fully saturated rings. The van der Waals surface area contributed by atoms with E-state index in [1.807, 2.05) is 0 Å². The minimum absolute atomic E-state index is 0.396. The predicted octanol–water partition coefficient (Wildman–Crippen LogP) is 3.21. The lowest BCUT2D eigenvalue weighted by Crippen LogP contribution is -2.17. The van der Waals surface area contributed by atoms with Crippen LogP contribution >= 0.6 is 22.9 Å². The Morgan fingerprint density at radius 2 is 2.38 bits per heavy atom. The van der Waals surface area contributed by atoms with Crippen LogP contribution in [-0.4, -0.2) is 15.4 Å². The van der Waals surface area contributed by atoms with Crippen molar-refractivity contribution in [2.45, 2.75) is 32.7 Å². The number of nitrogens with one attached hydrogen (secondary N) is 1. The molecule has 2 aromatic heterocycles. The smallest absolute Gasteiger partial charge is 0.202 e. The van der Waals surface area contributed by atoms with Gasteiger partial charge in [-0.15, -0.1) is 0 Å².